The number of carbonyl (C=O) groups is 8. The molecule has 0 radical (unpaired) electrons. The maximum Gasteiger partial charge on any atom is 0.419 e. The van der Waals surface area contributed by atoms with Gasteiger partial charge in [0.2, 0.25) is 35.4 Å². The van der Waals surface area contributed by atoms with Gasteiger partial charge in [-0.3, -0.25) is 48.2 Å². The molecule has 0 aliphatic carbocycles. The van der Waals surface area contributed by atoms with Gasteiger partial charge in [-0.2, -0.15) is 23.7 Å². The third-order valence-electron chi connectivity index (χ3n) is 23.9. The summed E-state index contributed by atoms with van der Waals surface area (Å²) in [6, 6.07) is 29.7. The normalized spacial score (nSPS) is 17.3. The third-order valence-corrected chi connectivity index (χ3v) is 25.6. The maximum atomic E-state index is 15.3. The van der Waals surface area contributed by atoms with Crippen LogP contribution in [-0.4, -0.2) is 204 Å². The monoisotopic (exact) mass is 1980 g/mol. The lowest BCUT2D eigenvalue weighted by atomic mass is 9.85. The Kier molecular flexibility index (Phi) is 36.5. The first-order chi connectivity index (χ1) is 66.0. The van der Waals surface area contributed by atoms with Crippen LogP contribution in [0.2, 0.25) is 0 Å². The van der Waals surface area contributed by atoms with Crippen molar-refractivity contribution in [1.82, 2.24) is 46.0 Å². The van der Waals surface area contributed by atoms with Gasteiger partial charge in [0.25, 0.3) is 11.8 Å². The van der Waals surface area contributed by atoms with Crippen molar-refractivity contribution in [2.75, 3.05) is 106 Å². The SMILES string of the molecule is COc1cc(N2C(=O)C(C)(C)N(c3ccc(OCCCCOCCCOCC(=O)N[C@H](C(=O)N4C[C@H](C)C[C@H]4C(=O)NCc4ccc(-c5cnco5)cc4)C(C)(C)C)c(F)c3)C2=S)ccc1C#N.Cc1ncsc1-c1ccc(CNC(=O)[C@@H]2C[C@@H](C)CN2C(=O)[C@@H](NC(=O)COCCCOCCCCOc2ccc(N3C(=S)N(c4cnc(C#N)c(C(F)(F)F)c4)C(=O)C3(C)C)cc2F)C(C)(C)C)cc1. The zero-order valence-electron chi connectivity index (χ0n) is 80.3. The molecule has 31 nitrogen and oxygen atoms in total. The Morgan fingerprint density at radius 1 is 0.561 bits per heavy atom. The molecule has 5 aromatic carbocycles. The molecule has 4 aliphatic heterocycles. The van der Waals surface area contributed by atoms with E-state index in [1.54, 1.807) is 70.3 Å². The van der Waals surface area contributed by atoms with Crippen molar-refractivity contribution < 1.29 is 97.9 Å². The summed E-state index contributed by atoms with van der Waals surface area (Å²) in [5, 5.41) is 30.2. The fourth-order valence-electron chi connectivity index (χ4n) is 16.5. The first-order valence-electron chi connectivity index (χ1n) is 45.8. The van der Waals surface area contributed by atoms with Gasteiger partial charge in [0.15, 0.2) is 51.2 Å². The predicted molar refractivity (Wildman–Crippen MR) is 519 cm³/mol. The Bertz CT molecular complexity index is 5800. The van der Waals surface area contributed by atoms with E-state index in [4.69, 9.17) is 67.3 Å². The Morgan fingerprint density at radius 3 is 1.42 bits per heavy atom. The van der Waals surface area contributed by atoms with Crippen molar-refractivity contribution in [3.63, 3.8) is 0 Å². The van der Waals surface area contributed by atoms with Crippen molar-refractivity contribution >= 4 is 116 Å². The first kappa shape index (κ1) is 107. The Balaban J connectivity index is 0.000000266. The molecule has 12 rings (SSSR count). The van der Waals surface area contributed by atoms with Crippen LogP contribution in [0.25, 0.3) is 21.8 Å². The minimum atomic E-state index is -4.91. The number of aryl methyl sites for hydroxylation is 1. The van der Waals surface area contributed by atoms with E-state index in [1.807, 2.05) is 122 Å². The van der Waals surface area contributed by atoms with Crippen molar-refractivity contribution in [3.8, 4) is 51.2 Å². The highest BCUT2D eigenvalue weighted by Gasteiger charge is 2.54. The van der Waals surface area contributed by atoms with Crippen LogP contribution in [0.3, 0.4) is 0 Å². The third kappa shape index (κ3) is 27.0. The van der Waals surface area contributed by atoms with Gasteiger partial charge >= 0.3 is 6.18 Å². The van der Waals surface area contributed by atoms with E-state index in [9.17, 15) is 56.8 Å². The van der Waals surface area contributed by atoms with Crippen molar-refractivity contribution in [2.24, 2.45) is 22.7 Å². The number of alkyl halides is 3. The smallest absolute Gasteiger partial charge is 0.419 e. The predicted octanol–water partition coefficient (Wildman–Crippen LogP) is 15.1. The lowest BCUT2D eigenvalue weighted by Crippen LogP contribution is -2.58. The number of nitrogens with zero attached hydrogens (tertiary/aromatic N) is 11. The van der Waals surface area contributed by atoms with Gasteiger partial charge in [0.05, 0.1) is 71.3 Å². The lowest BCUT2D eigenvalue weighted by molar-refractivity contribution is -0.144. The lowest BCUT2D eigenvalue weighted by Gasteiger charge is -2.35. The molecule has 4 fully saturated rings. The van der Waals surface area contributed by atoms with Crippen molar-refractivity contribution in [3.05, 3.63) is 179 Å². The van der Waals surface area contributed by atoms with Gasteiger partial charge in [-0.05, 0) is 192 Å². The molecule has 6 atom stereocenters. The van der Waals surface area contributed by atoms with E-state index >= 15 is 8.78 Å². The number of ether oxygens (including phenoxy) is 7. The molecule has 8 aromatic rings. The van der Waals surface area contributed by atoms with Crippen LogP contribution in [0.15, 0.2) is 138 Å². The summed E-state index contributed by atoms with van der Waals surface area (Å²) in [4.78, 5) is 130. The standard InChI is InChI=1S/C50H58F4N8O7S2.C50H60FN7O9S/c1-30-21-39(44(64)57-25-32-11-13-33(14-12-32)42-31(2)58-29-71-42)60(27-30)45(65)43(48(3,4)5)59-41(63)28-68-19-10-18-67-17-8-9-20-69-40-16-15-34(23-37(40)51)62-47(70)61(46(66)49(62,6)7)35-22-36(50(52,53)54)38(24-55)56-26-35;1-32-23-39(45(60)54-27-33-11-13-34(14-12-33)42-28-53-31-67-42)56(29-32)46(61)44(49(2,3)4)55-43(59)30-65-21-10-20-64-19-8-9-22-66-40-18-17-37(24-38(40)51)58-48(68)57(47(62)50(58,5)6)36-16-15-35(26-52)41(25-36)63-7/h11-16,22-23,26,29-30,39,43H,8-10,17-21,25,27-28H2,1-7H3,(H,57,64)(H,59,63);11-18,24-25,28,31-32,39,44H,8-10,19-23,27,29-30H2,1-7H3,(H,54,60)(H,55,59)/t30-,39+,43-;32-,39+,44-/m11/s1. The molecule has 4 N–H and O–H groups in total. The summed E-state index contributed by atoms with van der Waals surface area (Å²) in [6.07, 6.45) is 3.51. The minimum absolute atomic E-state index is 0.0550. The van der Waals surface area contributed by atoms with Gasteiger partial charge in [0.1, 0.15) is 66.3 Å². The highest BCUT2D eigenvalue weighted by Crippen LogP contribution is 2.43. The second kappa shape index (κ2) is 47.4. The number of pyridine rings is 1. The summed E-state index contributed by atoms with van der Waals surface area (Å²) >= 11 is 12.8. The van der Waals surface area contributed by atoms with Gasteiger partial charge < -0.3 is 78.4 Å². The van der Waals surface area contributed by atoms with E-state index in [1.165, 1.54) is 67.5 Å². The summed E-state index contributed by atoms with van der Waals surface area (Å²) in [6.45, 7) is 27.0. The molecular formula is C100H118F5N15O16S3. The Hall–Kier alpha value is -12.5. The van der Waals surface area contributed by atoms with Gasteiger partial charge in [0, 0.05) is 101 Å². The highest BCUT2D eigenvalue weighted by atomic mass is 32.1. The van der Waals surface area contributed by atoms with E-state index in [-0.39, 0.29) is 114 Å². The average Bonchev–Trinajstić information content (AvgIpc) is 1.58. The molecule has 0 unspecified atom stereocenters. The number of halogens is 5. The number of rotatable bonds is 41. The number of anilines is 4. The summed E-state index contributed by atoms with van der Waals surface area (Å²) < 4.78 is 116. The number of carbonyl (C=O) groups excluding carboxylic acids is 8. The van der Waals surface area contributed by atoms with Crippen molar-refractivity contribution in [1.29, 1.82) is 10.5 Å². The van der Waals surface area contributed by atoms with E-state index < -0.39 is 92.9 Å². The number of nitriles is 2. The molecule has 39 heteroatoms. The molecule has 0 saturated carbocycles. The summed E-state index contributed by atoms with van der Waals surface area (Å²) in [5.74, 6) is -3.20. The van der Waals surface area contributed by atoms with Crippen LogP contribution in [0.5, 0.6) is 17.2 Å². The number of likely N-dealkylation sites (tertiary alicyclic amines) is 2. The zero-order chi connectivity index (χ0) is 101. The average molecular weight is 1980 g/mol. The molecule has 139 heavy (non-hydrogen) atoms. The second-order valence-corrected chi connectivity index (χ2v) is 39.2. The highest BCUT2D eigenvalue weighted by molar-refractivity contribution is 7.81. The second-order valence-electron chi connectivity index (χ2n) is 37.6. The maximum absolute atomic E-state index is 15.3. The number of unbranched alkanes of at least 4 members (excludes halogenated alkanes) is 2. The number of thiazole rings is 1. The first-order valence-corrected chi connectivity index (χ1v) is 47.5. The number of benzene rings is 5. The Labute approximate surface area is 820 Å². The molecule has 7 heterocycles. The van der Waals surface area contributed by atoms with Crippen LogP contribution in [0.4, 0.5) is 44.7 Å². The number of hydrogen-bond donors (Lipinski definition) is 4. The molecule has 0 spiro atoms. The number of methoxy groups -OCH3 is 1. The topological polar surface area (TPSA) is 368 Å². The largest absolute Gasteiger partial charge is 0.495 e. The van der Waals surface area contributed by atoms with Crippen LogP contribution in [0, 0.1) is 63.9 Å². The zero-order valence-corrected chi connectivity index (χ0v) is 82.7. The fraction of sp³-hybridized carbons (Fsp3) is 0.470. The summed E-state index contributed by atoms with van der Waals surface area (Å²) in [5.41, 5.74) is 1.51. The number of amides is 8. The van der Waals surface area contributed by atoms with Crippen LogP contribution in [0.1, 0.15) is 168 Å². The van der Waals surface area contributed by atoms with E-state index in [0.717, 1.165) is 50.0 Å². The van der Waals surface area contributed by atoms with Gasteiger partial charge in [-0.1, -0.05) is 104 Å². The molecule has 4 saturated heterocycles. The number of nitrogens with one attached hydrogen (secondary N) is 4. The van der Waals surface area contributed by atoms with Crippen LogP contribution in [-0.2, 0) is 76.6 Å². The summed E-state index contributed by atoms with van der Waals surface area (Å²) in [7, 11) is 1.44. The van der Waals surface area contributed by atoms with Gasteiger partial charge in [-0.25, -0.2) is 23.7 Å². The molecule has 4 aliphatic rings. The molecular weight excluding hydrogens is 1860 g/mol. The van der Waals surface area contributed by atoms with Crippen molar-refractivity contribution in [2.45, 2.75) is 196 Å². The number of aromatic nitrogens is 3. The number of oxazole rings is 1. The molecule has 3 aromatic heterocycles. The van der Waals surface area contributed by atoms with Crippen LogP contribution >= 0.6 is 35.8 Å². The van der Waals surface area contributed by atoms with E-state index in [0.29, 0.717) is 138 Å². The van der Waals surface area contributed by atoms with Crippen LogP contribution < -0.4 is 55.1 Å². The molecule has 742 valence electrons. The molecule has 0 bridgehead atoms. The fourth-order valence-corrected chi connectivity index (χ4v) is 18.3. The number of thiocarbonyl (C=S) groups is 2. The molecule has 8 amide bonds. The number of hydrogen-bond acceptors (Lipinski definition) is 24. The minimum Gasteiger partial charge on any atom is -0.495 e. The van der Waals surface area contributed by atoms with E-state index in [2.05, 4.69) is 36.2 Å². The van der Waals surface area contributed by atoms with Gasteiger partial charge in [-0.15, -0.1) is 11.3 Å². The quantitative estimate of drug-likeness (QED) is 0.0157. The Morgan fingerprint density at radius 2 is 1.01 bits per heavy atom.